The van der Waals surface area contributed by atoms with Crippen LogP contribution in [0.4, 0.5) is 0 Å². The molecule has 20 nitrogen and oxygen atoms in total. The number of carbonyl (C=O) groups is 5. The van der Waals surface area contributed by atoms with E-state index >= 15 is 0 Å². The van der Waals surface area contributed by atoms with Crippen LogP contribution in [0.15, 0.2) is 48.7 Å². The van der Waals surface area contributed by atoms with Gasteiger partial charge < -0.3 is 56.5 Å². The molecule has 5 amide bonds. The molecule has 1 saturated carbocycles. The number of hydrogen-bond acceptors (Lipinski definition) is 13. The average Bonchev–Trinajstić information content (AvgIpc) is 4.12. The number of ether oxygens (including phenoxy) is 1. The predicted octanol–water partition coefficient (Wildman–Crippen LogP) is 1.39. The smallest absolute Gasteiger partial charge is 0.404 e. The van der Waals surface area contributed by atoms with Crippen molar-refractivity contribution in [2.75, 3.05) is 13.2 Å². The first-order chi connectivity index (χ1) is 32.3. The Morgan fingerprint density at radius 2 is 1.73 bits per heavy atom. The van der Waals surface area contributed by atoms with Crippen molar-refractivity contribution < 1.29 is 43.1 Å². The molecule has 4 aliphatic rings. The summed E-state index contributed by atoms with van der Waals surface area (Å²) in [4.78, 5) is 76.5. The molecule has 6 bridgehead atoms. The van der Waals surface area contributed by atoms with Crippen LogP contribution in [0.1, 0.15) is 101 Å². The Hall–Kier alpha value is -5.74. The molecule has 0 spiro atoms. The summed E-state index contributed by atoms with van der Waals surface area (Å²) in [5.74, 6) is -3.33. The lowest BCUT2D eigenvalue weighted by Crippen LogP contribution is -2.60. The molecule has 0 radical (unpaired) electrons. The number of carbonyl (C=O) groups excluding carboxylic acids is 5. The number of nitrogens with zero attached hydrogens (tertiary/aromatic N) is 4. The lowest BCUT2D eigenvalue weighted by Gasteiger charge is -2.27. The molecule has 1 aliphatic carbocycles. The van der Waals surface area contributed by atoms with Crippen LogP contribution in [0.25, 0.3) is 22.4 Å². The molecule has 67 heavy (non-hydrogen) atoms. The number of aryl methyl sites for hydroxylation is 1. The van der Waals surface area contributed by atoms with Crippen molar-refractivity contribution in [2.24, 2.45) is 5.73 Å². The van der Waals surface area contributed by atoms with Gasteiger partial charge in [-0.2, -0.15) is 0 Å². The molecular weight excluding hydrogens is 861 g/mol. The minimum Gasteiger partial charge on any atom is -0.404 e. The van der Waals surface area contributed by atoms with Gasteiger partial charge in [0.25, 0.3) is 5.91 Å². The van der Waals surface area contributed by atoms with Crippen molar-refractivity contribution in [3.05, 3.63) is 65.5 Å². The van der Waals surface area contributed by atoms with Crippen LogP contribution in [0.5, 0.6) is 0 Å². The third kappa shape index (κ3) is 12.8. The van der Waals surface area contributed by atoms with Crippen molar-refractivity contribution >= 4 is 47.7 Å². The summed E-state index contributed by atoms with van der Waals surface area (Å²) in [6.45, 7) is 7.71. The Morgan fingerprint density at radius 3 is 2.45 bits per heavy atom. The van der Waals surface area contributed by atoms with E-state index < -0.39 is 72.9 Å². The van der Waals surface area contributed by atoms with E-state index in [1.807, 2.05) is 12.1 Å². The van der Waals surface area contributed by atoms with E-state index in [1.54, 1.807) is 36.0 Å². The number of nitrogens with two attached hydrogens (primary N) is 1. The van der Waals surface area contributed by atoms with Gasteiger partial charge in [-0.25, -0.2) is 9.67 Å². The van der Waals surface area contributed by atoms with Gasteiger partial charge in [-0.3, -0.25) is 24.0 Å². The number of aromatic nitrogens is 5. The number of benzene rings is 2. The second-order valence-corrected chi connectivity index (χ2v) is 18.0. The second-order valence-electron chi connectivity index (χ2n) is 18.0. The molecule has 8 rings (SSSR count). The van der Waals surface area contributed by atoms with E-state index in [2.05, 4.69) is 60.9 Å². The Labute approximate surface area is 390 Å². The first kappa shape index (κ1) is 49.2. The van der Waals surface area contributed by atoms with E-state index in [9.17, 15) is 29.1 Å². The van der Waals surface area contributed by atoms with E-state index in [1.165, 1.54) is 38.7 Å². The maximum atomic E-state index is 13.8. The Bertz CT molecular complexity index is 2330. The minimum absolute atomic E-state index is 0.0127. The summed E-state index contributed by atoms with van der Waals surface area (Å²) in [5, 5.41) is 32.5. The molecule has 1 saturated heterocycles. The normalized spacial score (nSPS) is 22.4. The summed E-state index contributed by atoms with van der Waals surface area (Å²) >= 11 is 0. The van der Waals surface area contributed by atoms with Gasteiger partial charge >= 0.3 is 7.12 Å². The van der Waals surface area contributed by atoms with Gasteiger partial charge in [0, 0.05) is 36.6 Å². The lowest BCUT2D eigenvalue weighted by atomic mass is 9.79. The van der Waals surface area contributed by atoms with Crippen LogP contribution in [-0.4, -0.2) is 134 Å². The van der Waals surface area contributed by atoms with E-state index in [0.29, 0.717) is 55.0 Å². The summed E-state index contributed by atoms with van der Waals surface area (Å²) < 4.78 is 19.9. The molecule has 1 unspecified atom stereocenters. The molecule has 4 aromatic rings. The number of unbranched alkanes of at least 4 members (excludes halogenated alkanes) is 3. The van der Waals surface area contributed by atoms with Gasteiger partial charge in [0.2, 0.25) is 23.6 Å². The fourth-order valence-corrected chi connectivity index (χ4v) is 8.65. The average molecular weight is 926 g/mol. The summed E-state index contributed by atoms with van der Waals surface area (Å²) in [6.07, 6.45) is 7.54. The van der Waals surface area contributed by atoms with Gasteiger partial charge in [0.15, 0.2) is 0 Å². The quantitative estimate of drug-likeness (QED) is 0.0518. The highest BCUT2D eigenvalue weighted by molar-refractivity contribution is 6.47. The van der Waals surface area contributed by atoms with Gasteiger partial charge in [-0.15, -0.1) is 5.10 Å². The summed E-state index contributed by atoms with van der Waals surface area (Å²) in [5.41, 5.74) is 9.96. The van der Waals surface area contributed by atoms with Crippen LogP contribution in [0.3, 0.4) is 0 Å². The molecule has 2 aromatic carbocycles. The molecule has 9 atom stereocenters. The van der Waals surface area contributed by atoms with Crippen molar-refractivity contribution in [1.82, 2.24) is 51.5 Å². The van der Waals surface area contributed by atoms with Gasteiger partial charge in [-0.05, 0) is 76.8 Å². The van der Waals surface area contributed by atoms with E-state index in [-0.39, 0.29) is 43.3 Å². The number of aliphatic hydroxyl groups excluding tert-OH is 1. The fourth-order valence-electron chi connectivity index (χ4n) is 8.65. The molecule has 21 heteroatoms. The molecule has 5 heterocycles. The highest BCUT2D eigenvalue weighted by atomic mass is 16.7. The molecular formula is C46H64BN11O9. The first-order valence-corrected chi connectivity index (χ1v) is 23.6. The number of H-pyrrole nitrogens is 1. The topological polar surface area (TPSA) is 279 Å². The van der Waals surface area contributed by atoms with Gasteiger partial charge in [0.05, 0.1) is 60.2 Å². The Balaban J connectivity index is 0.963. The highest BCUT2D eigenvalue weighted by Gasteiger charge is 2.49. The summed E-state index contributed by atoms with van der Waals surface area (Å²) in [6, 6.07) is 8.24. The second kappa shape index (κ2) is 22.8. The fraction of sp³-hybridized carbons (Fsp3) is 0.565. The maximum Gasteiger partial charge on any atom is 0.481 e. The first-order valence-electron chi connectivity index (χ1n) is 23.6. The molecule has 9 N–H and O–H groups in total. The molecule has 360 valence electrons. The lowest BCUT2D eigenvalue weighted by molar-refractivity contribution is -0.135. The Kier molecular flexibility index (Phi) is 16.8. The molecule has 2 fully saturated rings. The van der Waals surface area contributed by atoms with Crippen molar-refractivity contribution in [2.45, 2.75) is 153 Å². The zero-order valence-corrected chi connectivity index (χ0v) is 38.7. The molecule has 2 aromatic heterocycles. The zero-order valence-electron chi connectivity index (χ0n) is 38.7. The van der Waals surface area contributed by atoms with Gasteiger partial charge in [-0.1, -0.05) is 55.7 Å². The van der Waals surface area contributed by atoms with Crippen LogP contribution >= 0.6 is 0 Å². The number of aliphatic hydroxyl groups is 1. The standard InChI is InChI=1S/C46H64BN11O9/c1-5-6-7-8-10-29-12-14-30(15-13-29)41-51-34-17-16-31(21-36(34)52-41)43(61)53-35(11-9-18-48)44(62)55-40(27(3)59)46(64)49-26(2)42(60)54-37-22-32-25-58(57-56-32)19-20-65-33-23-38-39(24-33)67-47(66-38)28(4)50-45(37)63/h12-17,21,25-28,33,35,37-40,59H,5-11,18-20,22-24,48H2,1-4H3,(H,49,64)(H,50,63)(H,51,52)(H,53,61)(H,54,60)(H,55,62)/t26-,27+,28-,33?,35-,37-,38-,39+,40-/m0/s1. The number of fused-ring (bicyclic) bond motifs is 7. The SMILES string of the molecule is CCCCCCc1ccc(-c2nc3ccc(C(=O)N[C@@H](CCCN)C(=O)N[C@H](C(=O)N[C@@H](C)C(=O)N[C@H]4Cc5cn(nn5)CCOC5C[C@@H]6OB(O[C@@H]6C5)[C@H](C)NC4=O)[C@@H](C)O)cc3[nH]2)cc1. The zero-order chi connectivity index (χ0) is 47.6. The Morgan fingerprint density at radius 1 is 0.970 bits per heavy atom. The number of nitrogens with one attached hydrogen (secondary N) is 6. The van der Waals surface area contributed by atoms with Crippen molar-refractivity contribution in [3.8, 4) is 11.4 Å². The van der Waals surface area contributed by atoms with Crippen LogP contribution < -0.4 is 32.3 Å². The highest BCUT2D eigenvalue weighted by Crippen LogP contribution is 2.34. The van der Waals surface area contributed by atoms with Crippen LogP contribution in [0, 0.1) is 0 Å². The molecule has 3 aliphatic heterocycles. The number of aromatic amines is 1. The monoisotopic (exact) mass is 925 g/mol. The number of amides is 5. The third-order valence-corrected chi connectivity index (χ3v) is 12.5. The van der Waals surface area contributed by atoms with E-state index in [0.717, 1.165) is 18.4 Å². The van der Waals surface area contributed by atoms with E-state index in [4.69, 9.17) is 24.8 Å². The number of imidazole rings is 1. The number of rotatable bonds is 18. The van der Waals surface area contributed by atoms with Crippen molar-refractivity contribution in [3.63, 3.8) is 0 Å². The van der Waals surface area contributed by atoms with Crippen LogP contribution in [-0.2, 0) is 52.6 Å². The van der Waals surface area contributed by atoms with Gasteiger partial charge in [0.1, 0.15) is 30.0 Å². The third-order valence-electron chi connectivity index (χ3n) is 12.5. The number of hydrogen-bond donors (Lipinski definition) is 8. The predicted molar refractivity (Wildman–Crippen MR) is 248 cm³/mol. The van der Waals surface area contributed by atoms with Crippen LogP contribution in [0.2, 0.25) is 0 Å². The largest absolute Gasteiger partial charge is 0.481 e. The minimum atomic E-state index is -1.53. The summed E-state index contributed by atoms with van der Waals surface area (Å²) in [7, 11) is -0.696. The van der Waals surface area contributed by atoms with Crippen molar-refractivity contribution in [1.29, 1.82) is 0 Å². The maximum absolute atomic E-state index is 13.8.